The van der Waals surface area contributed by atoms with Crippen molar-refractivity contribution in [3.8, 4) is 5.82 Å². The number of anilines is 1. The lowest BCUT2D eigenvalue weighted by molar-refractivity contribution is 0.0946. The van der Waals surface area contributed by atoms with Crippen molar-refractivity contribution in [2.24, 2.45) is 0 Å². The number of nitrogens with one attached hydrogen (secondary N) is 1. The van der Waals surface area contributed by atoms with Crippen molar-refractivity contribution >= 4 is 11.7 Å². The van der Waals surface area contributed by atoms with Crippen LogP contribution < -0.4 is 11.1 Å². The lowest BCUT2D eigenvalue weighted by atomic mass is 10.2. The molecule has 0 spiro atoms. The van der Waals surface area contributed by atoms with Gasteiger partial charge in [-0.1, -0.05) is 6.07 Å². The second kappa shape index (κ2) is 5.95. The smallest absolute Gasteiger partial charge is 0.273 e. The van der Waals surface area contributed by atoms with Crippen LogP contribution in [0.2, 0.25) is 0 Å². The number of pyridine rings is 1. The fraction of sp³-hybridized carbons (Fsp3) is 0.0769. The maximum Gasteiger partial charge on any atom is 0.273 e. The molecule has 3 aromatic rings. The summed E-state index contributed by atoms with van der Waals surface area (Å²) >= 11 is 0. The van der Waals surface area contributed by atoms with Crippen LogP contribution in [-0.2, 0) is 6.54 Å². The fourth-order valence-corrected chi connectivity index (χ4v) is 1.88. The van der Waals surface area contributed by atoms with Gasteiger partial charge >= 0.3 is 0 Å². The Morgan fingerprint density at radius 1 is 1.23 bits per heavy atom. The Morgan fingerprint density at radius 3 is 2.86 bits per heavy atom. The molecule has 3 heterocycles. The lowest BCUT2D eigenvalue weighted by Gasteiger charge is -2.09. The van der Waals surface area contributed by atoms with Gasteiger partial charge in [0.2, 0.25) is 0 Å². The van der Waals surface area contributed by atoms with Gasteiger partial charge in [0.1, 0.15) is 12.7 Å². The molecule has 0 radical (unpaired) electrons. The molecule has 0 aromatic carbocycles. The molecule has 110 valence electrons. The average molecular weight is 296 g/mol. The van der Waals surface area contributed by atoms with Gasteiger partial charge in [-0.25, -0.2) is 24.6 Å². The van der Waals surface area contributed by atoms with Crippen molar-refractivity contribution in [1.29, 1.82) is 0 Å². The molecule has 0 aliphatic carbocycles. The van der Waals surface area contributed by atoms with E-state index in [0.29, 0.717) is 5.82 Å². The van der Waals surface area contributed by atoms with Crippen molar-refractivity contribution in [3.63, 3.8) is 0 Å². The Kier molecular flexibility index (Phi) is 3.69. The number of hydrogen-bond donors (Lipinski definition) is 2. The molecule has 9 nitrogen and oxygen atoms in total. The van der Waals surface area contributed by atoms with Gasteiger partial charge in [0.15, 0.2) is 17.3 Å². The topological polar surface area (TPSA) is 124 Å². The molecule has 0 aliphatic rings. The summed E-state index contributed by atoms with van der Waals surface area (Å²) in [6.07, 6.45) is 7.43. The molecule has 0 bridgehead atoms. The molecule has 3 N–H and O–H groups in total. The Labute approximate surface area is 125 Å². The number of aromatic nitrogens is 6. The highest BCUT2D eigenvalue weighted by atomic mass is 16.1. The number of carbonyl (C=O) groups is 1. The summed E-state index contributed by atoms with van der Waals surface area (Å²) in [6.45, 7) is 0.248. The van der Waals surface area contributed by atoms with E-state index in [9.17, 15) is 4.79 Å². The Balaban J connectivity index is 1.78. The minimum Gasteiger partial charge on any atom is -0.382 e. The molecule has 9 heteroatoms. The summed E-state index contributed by atoms with van der Waals surface area (Å²) in [6, 6.07) is 3.61. The summed E-state index contributed by atoms with van der Waals surface area (Å²) in [5.41, 5.74) is 6.50. The zero-order valence-electron chi connectivity index (χ0n) is 11.4. The summed E-state index contributed by atoms with van der Waals surface area (Å²) < 4.78 is 1.53. The highest BCUT2D eigenvalue weighted by Gasteiger charge is 2.13. The normalized spacial score (nSPS) is 10.4. The van der Waals surface area contributed by atoms with Crippen LogP contribution in [0.1, 0.15) is 16.1 Å². The first kappa shape index (κ1) is 13.6. The number of nitrogens with two attached hydrogens (primary N) is 1. The van der Waals surface area contributed by atoms with Crippen molar-refractivity contribution in [2.45, 2.75) is 6.54 Å². The zero-order chi connectivity index (χ0) is 15.4. The van der Waals surface area contributed by atoms with Crippen molar-refractivity contribution < 1.29 is 4.79 Å². The highest BCUT2D eigenvalue weighted by Crippen LogP contribution is 2.10. The SMILES string of the molecule is Nc1nccnc1C(=O)NCc1cccnc1-n1cncn1. The number of amides is 1. The summed E-state index contributed by atoms with van der Waals surface area (Å²) in [7, 11) is 0. The first-order chi connectivity index (χ1) is 10.8. The summed E-state index contributed by atoms with van der Waals surface area (Å²) in [5, 5.41) is 6.77. The second-order valence-electron chi connectivity index (χ2n) is 4.30. The summed E-state index contributed by atoms with van der Waals surface area (Å²) in [4.78, 5) is 28.0. The van der Waals surface area contributed by atoms with Gasteiger partial charge in [-0.05, 0) is 6.07 Å². The van der Waals surface area contributed by atoms with Crippen LogP contribution in [0.25, 0.3) is 5.82 Å². The van der Waals surface area contributed by atoms with Crippen LogP contribution >= 0.6 is 0 Å². The zero-order valence-corrected chi connectivity index (χ0v) is 11.4. The third-order valence-corrected chi connectivity index (χ3v) is 2.88. The molecular weight excluding hydrogens is 284 g/mol. The first-order valence-electron chi connectivity index (χ1n) is 6.39. The molecule has 0 atom stereocenters. The van der Waals surface area contributed by atoms with Gasteiger partial charge in [0, 0.05) is 30.7 Å². The molecule has 0 saturated carbocycles. The van der Waals surface area contributed by atoms with Gasteiger partial charge in [-0.3, -0.25) is 4.79 Å². The van der Waals surface area contributed by atoms with Gasteiger partial charge in [-0.2, -0.15) is 5.10 Å². The van der Waals surface area contributed by atoms with Crippen molar-refractivity contribution in [2.75, 3.05) is 5.73 Å². The quantitative estimate of drug-likeness (QED) is 0.692. The molecule has 0 unspecified atom stereocenters. The van der Waals surface area contributed by atoms with Gasteiger partial charge in [0.25, 0.3) is 5.91 Å². The maximum absolute atomic E-state index is 12.1. The van der Waals surface area contributed by atoms with Crippen LogP contribution in [0.3, 0.4) is 0 Å². The second-order valence-corrected chi connectivity index (χ2v) is 4.30. The number of nitrogens with zero attached hydrogens (tertiary/aromatic N) is 6. The van der Waals surface area contributed by atoms with E-state index in [0.717, 1.165) is 5.56 Å². The van der Waals surface area contributed by atoms with E-state index < -0.39 is 5.91 Å². The van der Waals surface area contributed by atoms with E-state index in [1.54, 1.807) is 12.3 Å². The fourth-order valence-electron chi connectivity index (χ4n) is 1.88. The highest BCUT2D eigenvalue weighted by molar-refractivity contribution is 5.96. The van der Waals surface area contributed by atoms with Crippen molar-refractivity contribution in [3.05, 3.63) is 54.6 Å². The third-order valence-electron chi connectivity index (χ3n) is 2.88. The first-order valence-corrected chi connectivity index (χ1v) is 6.39. The van der Waals surface area contributed by atoms with E-state index in [-0.39, 0.29) is 18.1 Å². The Bertz CT molecular complexity index is 786. The van der Waals surface area contributed by atoms with E-state index in [1.807, 2.05) is 6.07 Å². The molecule has 1 amide bonds. The predicted molar refractivity (Wildman–Crippen MR) is 76.8 cm³/mol. The molecule has 0 saturated heterocycles. The molecule has 0 aliphatic heterocycles. The van der Waals surface area contributed by atoms with E-state index in [2.05, 4.69) is 30.4 Å². The Hall–Kier alpha value is -3.36. The van der Waals surface area contributed by atoms with Crippen LogP contribution in [0.4, 0.5) is 5.82 Å². The third kappa shape index (κ3) is 2.73. The molecule has 22 heavy (non-hydrogen) atoms. The van der Waals surface area contributed by atoms with Gasteiger partial charge in [-0.15, -0.1) is 0 Å². The van der Waals surface area contributed by atoms with Crippen LogP contribution in [0, 0.1) is 0 Å². The van der Waals surface area contributed by atoms with Crippen molar-refractivity contribution in [1.82, 2.24) is 35.0 Å². The minimum absolute atomic E-state index is 0.0858. The molecule has 3 aromatic heterocycles. The van der Waals surface area contributed by atoms with Crippen LogP contribution in [0.5, 0.6) is 0 Å². The van der Waals surface area contributed by atoms with E-state index in [1.165, 1.54) is 29.7 Å². The molecule has 0 fully saturated rings. The van der Waals surface area contributed by atoms with Gasteiger partial charge in [0.05, 0.1) is 0 Å². The van der Waals surface area contributed by atoms with Gasteiger partial charge < -0.3 is 11.1 Å². The standard InChI is InChI=1S/C13H12N8O/c14-11-10(16-4-5-17-11)13(22)19-6-9-2-1-3-18-12(9)21-8-15-7-20-21/h1-5,7-8H,6H2,(H2,14,17)(H,19,22). The van der Waals surface area contributed by atoms with E-state index in [4.69, 9.17) is 5.73 Å². The minimum atomic E-state index is -0.404. The number of rotatable bonds is 4. The van der Waals surface area contributed by atoms with E-state index >= 15 is 0 Å². The average Bonchev–Trinajstić information content (AvgIpc) is 3.07. The number of hydrogen-bond acceptors (Lipinski definition) is 7. The summed E-state index contributed by atoms with van der Waals surface area (Å²) in [5.74, 6) is 0.272. The molecule has 3 rings (SSSR count). The Morgan fingerprint density at radius 2 is 2.09 bits per heavy atom. The molecular formula is C13H12N8O. The number of carbonyl (C=O) groups excluding carboxylic acids is 1. The lowest BCUT2D eigenvalue weighted by Crippen LogP contribution is -2.26. The predicted octanol–water partition coefficient (Wildman–Crippen LogP) is -0.0355. The largest absolute Gasteiger partial charge is 0.382 e. The maximum atomic E-state index is 12.1. The van der Waals surface area contributed by atoms with Crippen LogP contribution in [-0.4, -0.2) is 35.6 Å². The van der Waals surface area contributed by atoms with Crippen LogP contribution in [0.15, 0.2) is 43.4 Å². The number of nitrogen functional groups attached to an aromatic ring is 1. The monoisotopic (exact) mass is 296 g/mol.